The lowest BCUT2D eigenvalue weighted by Gasteiger charge is -2.20. The third-order valence-corrected chi connectivity index (χ3v) is 5.20. The molecule has 0 N–H and O–H groups in total. The van der Waals surface area contributed by atoms with Gasteiger partial charge in [-0.25, -0.2) is 9.67 Å². The summed E-state index contributed by atoms with van der Waals surface area (Å²) in [7, 11) is 1.74. The molecule has 0 saturated heterocycles. The van der Waals surface area contributed by atoms with E-state index in [2.05, 4.69) is 10.1 Å². The molecule has 32 heavy (non-hydrogen) atoms. The topological polar surface area (TPSA) is 69.5 Å². The van der Waals surface area contributed by atoms with Crippen molar-refractivity contribution in [2.45, 2.75) is 6.54 Å². The van der Waals surface area contributed by atoms with Crippen LogP contribution in [0.2, 0.25) is 0 Å². The van der Waals surface area contributed by atoms with Crippen molar-refractivity contribution < 1.29 is 14.3 Å². The van der Waals surface area contributed by atoms with E-state index in [9.17, 15) is 4.79 Å². The number of nitrogens with zero attached hydrogens (tertiary/aromatic N) is 4. The quantitative estimate of drug-likeness (QED) is 0.483. The number of hydrogen-bond donors (Lipinski definition) is 0. The first-order chi connectivity index (χ1) is 15.7. The first-order valence-corrected chi connectivity index (χ1v) is 10.4. The van der Waals surface area contributed by atoms with Crippen molar-refractivity contribution in [1.29, 1.82) is 0 Å². The van der Waals surface area contributed by atoms with Crippen molar-refractivity contribution >= 4 is 5.91 Å². The highest BCUT2D eigenvalue weighted by atomic mass is 16.6. The number of rotatable bonds is 5. The van der Waals surface area contributed by atoms with Crippen molar-refractivity contribution in [1.82, 2.24) is 19.7 Å². The molecule has 3 aromatic carbocycles. The summed E-state index contributed by atoms with van der Waals surface area (Å²) in [6, 6.07) is 25.1. The minimum atomic E-state index is -0.258. The molecular formula is C25H22N4O3. The summed E-state index contributed by atoms with van der Waals surface area (Å²) in [5.41, 5.74) is 2.67. The fraction of sp³-hybridized carbons (Fsp3) is 0.160. The molecule has 1 aromatic heterocycles. The van der Waals surface area contributed by atoms with E-state index in [0.717, 1.165) is 22.6 Å². The van der Waals surface area contributed by atoms with E-state index in [1.54, 1.807) is 16.6 Å². The van der Waals surface area contributed by atoms with Gasteiger partial charge in [0.05, 0.1) is 5.69 Å². The van der Waals surface area contributed by atoms with Gasteiger partial charge in [0.2, 0.25) is 5.82 Å². The third kappa shape index (κ3) is 3.92. The van der Waals surface area contributed by atoms with Crippen molar-refractivity contribution in [3.63, 3.8) is 0 Å². The Hall–Kier alpha value is -4.13. The number of para-hydroxylation sites is 1. The molecule has 0 radical (unpaired) electrons. The fourth-order valence-electron chi connectivity index (χ4n) is 3.63. The van der Waals surface area contributed by atoms with E-state index in [1.807, 2.05) is 78.9 Å². The van der Waals surface area contributed by atoms with Crippen LogP contribution in [0.1, 0.15) is 16.2 Å². The standard InChI is InChI=1S/C25H22N4O3/c1-28(17-18-12-13-21-22(16-18)32-15-14-31-21)25(30)23-26-24(19-8-4-2-5-9-19)29(27-23)20-10-6-3-7-11-20/h2-13,16H,14-15,17H2,1H3. The zero-order chi connectivity index (χ0) is 21.9. The molecule has 0 bridgehead atoms. The van der Waals surface area contributed by atoms with Gasteiger partial charge in [0.25, 0.3) is 5.91 Å². The number of fused-ring (bicyclic) bond motifs is 1. The van der Waals surface area contributed by atoms with Crippen LogP contribution >= 0.6 is 0 Å². The summed E-state index contributed by atoms with van der Waals surface area (Å²) in [4.78, 5) is 19.4. The van der Waals surface area contributed by atoms with Crippen LogP contribution in [0.3, 0.4) is 0 Å². The summed E-state index contributed by atoms with van der Waals surface area (Å²) in [6.45, 7) is 1.47. The van der Waals surface area contributed by atoms with Gasteiger partial charge in [0, 0.05) is 19.2 Å². The third-order valence-electron chi connectivity index (χ3n) is 5.20. The average molecular weight is 426 g/mol. The predicted octanol–water partition coefficient (Wildman–Crippen LogP) is 3.98. The summed E-state index contributed by atoms with van der Waals surface area (Å²) in [5, 5.41) is 4.56. The molecular weight excluding hydrogens is 404 g/mol. The molecule has 7 heteroatoms. The molecule has 1 aliphatic heterocycles. The summed E-state index contributed by atoms with van der Waals surface area (Å²) < 4.78 is 12.9. The number of ether oxygens (including phenoxy) is 2. The van der Waals surface area contributed by atoms with E-state index >= 15 is 0 Å². The van der Waals surface area contributed by atoms with E-state index in [-0.39, 0.29) is 11.7 Å². The molecule has 0 atom stereocenters. The fourth-order valence-corrected chi connectivity index (χ4v) is 3.63. The van der Waals surface area contributed by atoms with Crippen LogP contribution in [0.4, 0.5) is 0 Å². The Bertz CT molecular complexity index is 1180. The van der Waals surface area contributed by atoms with Crippen LogP contribution in [0.15, 0.2) is 78.9 Å². The maximum Gasteiger partial charge on any atom is 0.293 e. The van der Waals surface area contributed by atoms with E-state index < -0.39 is 0 Å². The van der Waals surface area contributed by atoms with Gasteiger partial charge in [0.15, 0.2) is 17.3 Å². The van der Waals surface area contributed by atoms with Crippen LogP contribution in [0.25, 0.3) is 17.1 Å². The highest BCUT2D eigenvalue weighted by molar-refractivity contribution is 5.90. The van der Waals surface area contributed by atoms with Crippen LogP contribution in [-0.4, -0.2) is 45.8 Å². The average Bonchev–Trinajstić information content (AvgIpc) is 3.30. The van der Waals surface area contributed by atoms with Crippen LogP contribution < -0.4 is 9.47 Å². The molecule has 2 heterocycles. The van der Waals surface area contributed by atoms with E-state index in [4.69, 9.17) is 9.47 Å². The van der Waals surface area contributed by atoms with Crippen molar-refractivity contribution in [3.05, 3.63) is 90.3 Å². The maximum atomic E-state index is 13.2. The summed E-state index contributed by atoms with van der Waals surface area (Å²) >= 11 is 0. The number of hydrogen-bond acceptors (Lipinski definition) is 5. The lowest BCUT2D eigenvalue weighted by atomic mass is 10.2. The van der Waals surface area contributed by atoms with Gasteiger partial charge < -0.3 is 14.4 Å². The Morgan fingerprint density at radius 3 is 2.38 bits per heavy atom. The normalized spacial score (nSPS) is 12.4. The molecule has 0 saturated carbocycles. The molecule has 1 aliphatic rings. The molecule has 5 rings (SSSR count). The molecule has 7 nitrogen and oxygen atoms in total. The van der Waals surface area contributed by atoms with Crippen LogP contribution in [0.5, 0.6) is 11.5 Å². The van der Waals surface area contributed by atoms with Gasteiger partial charge in [-0.15, -0.1) is 5.10 Å². The minimum absolute atomic E-state index is 0.146. The van der Waals surface area contributed by atoms with E-state index in [0.29, 0.717) is 31.3 Å². The number of aromatic nitrogens is 3. The Balaban J connectivity index is 1.44. The maximum absolute atomic E-state index is 13.2. The predicted molar refractivity (Wildman–Crippen MR) is 120 cm³/mol. The van der Waals surface area contributed by atoms with Gasteiger partial charge >= 0.3 is 0 Å². The van der Waals surface area contributed by atoms with Crippen molar-refractivity contribution in [2.24, 2.45) is 0 Å². The van der Waals surface area contributed by atoms with Gasteiger partial charge in [-0.1, -0.05) is 54.6 Å². The monoisotopic (exact) mass is 426 g/mol. The first-order valence-electron chi connectivity index (χ1n) is 10.4. The lowest BCUT2D eigenvalue weighted by Crippen LogP contribution is -2.27. The Morgan fingerprint density at radius 2 is 1.62 bits per heavy atom. The summed E-state index contributed by atoms with van der Waals surface area (Å²) in [6.07, 6.45) is 0. The second-order valence-corrected chi connectivity index (χ2v) is 7.51. The largest absolute Gasteiger partial charge is 0.486 e. The van der Waals surface area contributed by atoms with Crippen molar-refractivity contribution in [3.8, 4) is 28.6 Å². The number of amides is 1. The van der Waals surface area contributed by atoms with Crippen LogP contribution in [0, 0.1) is 0 Å². The van der Waals surface area contributed by atoms with Gasteiger partial charge in [-0.2, -0.15) is 0 Å². The SMILES string of the molecule is CN(Cc1ccc2c(c1)OCCO2)C(=O)c1nc(-c2ccccc2)n(-c2ccccc2)n1. The van der Waals surface area contributed by atoms with Gasteiger partial charge in [0.1, 0.15) is 13.2 Å². The number of carbonyl (C=O) groups excluding carboxylic acids is 1. The lowest BCUT2D eigenvalue weighted by molar-refractivity contribution is 0.0772. The molecule has 4 aromatic rings. The Morgan fingerprint density at radius 1 is 0.938 bits per heavy atom. The van der Waals surface area contributed by atoms with Gasteiger partial charge in [-0.3, -0.25) is 4.79 Å². The molecule has 160 valence electrons. The first kappa shape index (κ1) is 19.8. The van der Waals surface area contributed by atoms with E-state index in [1.165, 1.54) is 0 Å². The molecule has 0 unspecified atom stereocenters. The number of carbonyl (C=O) groups is 1. The highest BCUT2D eigenvalue weighted by Crippen LogP contribution is 2.31. The van der Waals surface area contributed by atoms with Crippen molar-refractivity contribution in [2.75, 3.05) is 20.3 Å². The zero-order valence-electron chi connectivity index (χ0n) is 17.6. The molecule has 0 spiro atoms. The second-order valence-electron chi connectivity index (χ2n) is 7.51. The minimum Gasteiger partial charge on any atom is -0.486 e. The molecule has 0 fully saturated rings. The number of benzene rings is 3. The highest BCUT2D eigenvalue weighted by Gasteiger charge is 2.22. The molecule has 1 amide bonds. The Labute approximate surface area is 185 Å². The second kappa shape index (κ2) is 8.55. The van der Waals surface area contributed by atoms with Gasteiger partial charge in [-0.05, 0) is 29.8 Å². The smallest absolute Gasteiger partial charge is 0.293 e. The van der Waals surface area contributed by atoms with Crippen LogP contribution in [-0.2, 0) is 6.54 Å². The Kier molecular flexibility index (Phi) is 5.29. The molecule has 0 aliphatic carbocycles. The zero-order valence-corrected chi connectivity index (χ0v) is 17.6. The summed E-state index contributed by atoms with van der Waals surface area (Å²) in [5.74, 6) is 1.93.